The number of pyridine rings is 1. The van der Waals surface area contributed by atoms with E-state index in [9.17, 15) is 0 Å². The number of anilines is 1. The number of nitrogens with zero attached hydrogens (tertiary/aromatic N) is 2. The largest absolute Gasteiger partial charge is 0.493 e. The Morgan fingerprint density at radius 1 is 1.06 bits per heavy atom. The van der Waals surface area contributed by atoms with Crippen molar-refractivity contribution in [1.82, 2.24) is 9.88 Å². The average Bonchev–Trinajstić information content (AvgIpc) is 3.41. The van der Waals surface area contributed by atoms with E-state index in [-0.39, 0.29) is 0 Å². The molecule has 1 aromatic carbocycles. The fourth-order valence-corrected chi connectivity index (χ4v) is 5.52. The smallest absolute Gasteiger partial charge is 0.163 e. The van der Waals surface area contributed by atoms with Gasteiger partial charge in [0.05, 0.1) is 19.2 Å². The van der Waals surface area contributed by atoms with Crippen molar-refractivity contribution < 1.29 is 9.47 Å². The highest BCUT2D eigenvalue weighted by atomic mass is 16.5. The number of fused-ring (bicyclic) bond motifs is 3. The number of hydrogen-bond donors (Lipinski definition) is 1. The third-order valence-electron chi connectivity index (χ3n) is 7.64. The summed E-state index contributed by atoms with van der Waals surface area (Å²) < 4.78 is 11.9. The summed E-state index contributed by atoms with van der Waals surface area (Å²) in [4.78, 5) is 7.63. The van der Waals surface area contributed by atoms with E-state index in [1.807, 2.05) is 0 Å². The summed E-state index contributed by atoms with van der Waals surface area (Å²) in [5, 5.41) is 5.01. The molecule has 1 saturated heterocycles. The van der Waals surface area contributed by atoms with Crippen molar-refractivity contribution in [3.63, 3.8) is 0 Å². The molecular weight excluding hydrogens is 386 g/mol. The van der Waals surface area contributed by atoms with Gasteiger partial charge in [0.25, 0.3) is 0 Å². The van der Waals surface area contributed by atoms with Gasteiger partial charge in [-0.2, -0.15) is 0 Å². The Balaban J connectivity index is 1.37. The molecule has 2 heterocycles. The van der Waals surface area contributed by atoms with Crippen LogP contribution in [0.1, 0.15) is 63.0 Å². The molecule has 1 N–H and O–H groups in total. The number of benzene rings is 1. The molecular formula is C26H37N3O2. The zero-order chi connectivity index (χ0) is 21.2. The van der Waals surface area contributed by atoms with E-state index in [0.29, 0.717) is 12.6 Å². The van der Waals surface area contributed by atoms with E-state index in [0.717, 1.165) is 54.6 Å². The van der Waals surface area contributed by atoms with E-state index >= 15 is 0 Å². The molecule has 0 unspecified atom stereocenters. The first kappa shape index (κ1) is 20.9. The maximum atomic E-state index is 6.19. The van der Waals surface area contributed by atoms with Gasteiger partial charge in [-0.25, -0.2) is 4.98 Å². The predicted octanol–water partition coefficient (Wildman–Crippen LogP) is 5.20. The zero-order valence-electron chi connectivity index (χ0n) is 19.2. The zero-order valence-corrected chi connectivity index (χ0v) is 19.2. The van der Waals surface area contributed by atoms with Crippen LogP contribution in [0, 0.1) is 5.92 Å². The lowest BCUT2D eigenvalue weighted by molar-refractivity contribution is 0.254. The Morgan fingerprint density at radius 2 is 1.87 bits per heavy atom. The summed E-state index contributed by atoms with van der Waals surface area (Å²) in [5.74, 6) is 3.54. The molecule has 2 fully saturated rings. The van der Waals surface area contributed by atoms with Crippen LogP contribution in [0.3, 0.4) is 0 Å². The Morgan fingerprint density at radius 3 is 2.61 bits per heavy atom. The first-order valence-corrected chi connectivity index (χ1v) is 12.4. The average molecular weight is 424 g/mol. The lowest BCUT2D eigenvalue weighted by Crippen LogP contribution is -2.31. The van der Waals surface area contributed by atoms with Crippen LogP contribution in [0.25, 0.3) is 10.9 Å². The number of aromatic nitrogens is 1. The third-order valence-corrected chi connectivity index (χ3v) is 7.64. The maximum absolute atomic E-state index is 6.19. The summed E-state index contributed by atoms with van der Waals surface area (Å²) in [6.07, 6.45) is 11.2. The second-order valence-electron chi connectivity index (χ2n) is 9.67. The molecule has 31 heavy (non-hydrogen) atoms. The molecule has 2 aliphatic carbocycles. The van der Waals surface area contributed by atoms with Crippen LogP contribution in [-0.2, 0) is 12.8 Å². The quantitative estimate of drug-likeness (QED) is 0.562. The highest BCUT2D eigenvalue weighted by Gasteiger charge is 2.27. The number of hydrogen-bond acceptors (Lipinski definition) is 5. The monoisotopic (exact) mass is 423 g/mol. The van der Waals surface area contributed by atoms with Gasteiger partial charge in [-0.05, 0) is 94.5 Å². The number of aryl methyl sites for hydroxylation is 1. The molecule has 1 aliphatic heterocycles. The lowest BCUT2D eigenvalue weighted by atomic mass is 9.80. The van der Waals surface area contributed by atoms with Gasteiger partial charge < -0.3 is 19.7 Å². The summed E-state index contributed by atoms with van der Waals surface area (Å²) in [6.45, 7) is 6.63. The van der Waals surface area contributed by atoms with Crippen molar-refractivity contribution in [1.29, 1.82) is 0 Å². The number of rotatable bonds is 9. The molecule has 5 rings (SSSR count). The van der Waals surface area contributed by atoms with Crippen molar-refractivity contribution in [2.75, 3.05) is 38.7 Å². The summed E-state index contributed by atoms with van der Waals surface area (Å²) >= 11 is 0. The first-order valence-electron chi connectivity index (χ1n) is 12.4. The number of nitrogens with one attached hydrogen (secondary N) is 1. The van der Waals surface area contributed by atoms with Crippen molar-refractivity contribution in [3.05, 3.63) is 23.3 Å². The van der Waals surface area contributed by atoms with Gasteiger partial charge >= 0.3 is 0 Å². The topological polar surface area (TPSA) is 46.6 Å². The summed E-state index contributed by atoms with van der Waals surface area (Å²) in [5.41, 5.74) is 3.89. The van der Waals surface area contributed by atoms with Crippen LogP contribution < -0.4 is 14.8 Å². The minimum Gasteiger partial charge on any atom is -0.493 e. The molecule has 0 radical (unpaired) electrons. The number of likely N-dealkylation sites (tertiary alicyclic amines) is 1. The normalized spacial score (nSPS) is 19.9. The molecule has 0 spiro atoms. The molecule has 5 heteroatoms. The number of methoxy groups -OCH3 is 1. The van der Waals surface area contributed by atoms with E-state index < -0.39 is 0 Å². The van der Waals surface area contributed by atoms with Crippen LogP contribution in [0.15, 0.2) is 12.1 Å². The van der Waals surface area contributed by atoms with Gasteiger partial charge in [0.2, 0.25) is 0 Å². The van der Waals surface area contributed by atoms with Crippen LogP contribution in [-0.4, -0.2) is 49.3 Å². The second-order valence-corrected chi connectivity index (χ2v) is 9.67. The minimum atomic E-state index is 0.489. The molecule has 1 saturated carbocycles. The van der Waals surface area contributed by atoms with Gasteiger partial charge in [-0.1, -0.05) is 6.42 Å². The highest BCUT2D eigenvalue weighted by Crippen LogP contribution is 2.40. The maximum Gasteiger partial charge on any atom is 0.163 e. The van der Waals surface area contributed by atoms with E-state index in [4.69, 9.17) is 14.5 Å². The Hall–Kier alpha value is -2.01. The fraction of sp³-hybridized carbons (Fsp3) is 0.654. The fourth-order valence-electron chi connectivity index (χ4n) is 5.52. The van der Waals surface area contributed by atoms with E-state index in [1.165, 1.54) is 68.1 Å². The van der Waals surface area contributed by atoms with Crippen LogP contribution in [0.4, 0.5) is 5.82 Å². The molecule has 1 aromatic heterocycles. The molecule has 0 bridgehead atoms. The minimum absolute atomic E-state index is 0.489. The lowest BCUT2D eigenvalue weighted by Gasteiger charge is -2.32. The molecule has 168 valence electrons. The molecule has 2 aromatic rings. The van der Waals surface area contributed by atoms with Gasteiger partial charge in [0.1, 0.15) is 5.82 Å². The third kappa shape index (κ3) is 4.34. The van der Waals surface area contributed by atoms with Gasteiger partial charge in [-0.15, -0.1) is 0 Å². The van der Waals surface area contributed by atoms with E-state index in [2.05, 4.69) is 29.3 Å². The highest BCUT2D eigenvalue weighted by molar-refractivity contribution is 5.89. The predicted molar refractivity (Wildman–Crippen MR) is 127 cm³/mol. The second kappa shape index (κ2) is 9.23. The van der Waals surface area contributed by atoms with Gasteiger partial charge in [0.15, 0.2) is 11.5 Å². The van der Waals surface area contributed by atoms with Crippen molar-refractivity contribution >= 4 is 16.7 Å². The van der Waals surface area contributed by atoms with Crippen LogP contribution >= 0.6 is 0 Å². The Kier molecular flexibility index (Phi) is 6.22. The Labute approximate surface area is 186 Å². The van der Waals surface area contributed by atoms with E-state index in [1.54, 1.807) is 7.11 Å². The van der Waals surface area contributed by atoms with Crippen molar-refractivity contribution in [3.8, 4) is 11.5 Å². The molecule has 5 nitrogen and oxygen atoms in total. The standard InChI is InChI=1S/C26H37N3O2/c1-18(19-8-5-9-19)27-26-21-11-6-10-20(21)22-16-24(30-2)25(17-23(22)28-26)31-15-7-14-29-12-3-4-13-29/h16-19H,3-15H2,1-2H3,(H,27,28)/t18-/m0/s1. The Bertz CT molecular complexity index is 919. The molecule has 0 amide bonds. The van der Waals surface area contributed by atoms with Crippen molar-refractivity contribution in [2.45, 2.75) is 70.8 Å². The SMILES string of the molecule is COc1cc2c3c(c(N[C@@H](C)C4CCC4)nc2cc1OCCCN1CCCC1)CCC3. The van der Waals surface area contributed by atoms with Crippen LogP contribution in [0.5, 0.6) is 11.5 Å². The summed E-state index contributed by atoms with van der Waals surface area (Å²) in [6, 6.07) is 4.74. The van der Waals surface area contributed by atoms with Crippen molar-refractivity contribution in [2.24, 2.45) is 5.92 Å². The molecule has 3 aliphatic rings. The summed E-state index contributed by atoms with van der Waals surface area (Å²) in [7, 11) is 1.74. The number of ether oxygens (including phenoxy) is 2. The first-order chi connectivity index (χ1) is 15.2. The molecule has 1 atom stereocenters. The van der Waals surface area contributed by atoms with Gasteiger partial charge in [0, 0.05) is 24.0 Å². The van der Waals surface area contributed by atoms with Gasteiger partial charge in [-0.3, -0.25) is 0 Å². The van der Waals surface area contributed by atoms with Crippen LogP contribution in [0.2, 0.25) is 0 Å².